The van der Waals surface area contributed by atoms with Crippen molar-refractivity contribution in [1.29, 1.82) is 0 Å². The van der Waals surface area contributed by atoms with Crippen LogP contribution in [0.15, 0.2) is 60.2 Å². The van der Waals surface area contributed by atoms with Crippen LogP contribution < -0.4 is 0 Å². The number of fused-ring (bicyclic) bond motifs is 1. The quantitative estimate of drug-likeness (QED) is 0.438. The molecule has 1 fully saturated rings. The van der Waals surface area contributed by atoms with E-state index in [2.05, 4.69) is 52.9 Å². The number of pyridine rings is 1. The van der Waals surface area contributed by atoms with E-state index in [1.165, 1.54) is 10.9 Å². The van der Waals surface area contributed by atoms with Gasteiger partial charge in [0.05, 0.1) is 11.7 Å². The van der Waals surface area contributed by atoms with Gasteiger partial charge in [-0.15, -0.1) is 11.3 Å². The van der Waals surface area contributed by atoms with E-state index in [-0.39, 0.29) is 11.9 Å². The fourth-order valence-corrected chi connectivity index (χ4v) is 5.28. The smallest absolute Gasteiger partial charge is 0.273 e. The van der Waals surface area contributed by atoms with Crippen molar-refractivity contribution in [3.8, 4) is 10.7 Å². The van der Waals surface area contributed by atoms with Crippen molar-refractivity contribution in [2.45, 2.75) is 38.8 Å². The topological polar surface area (TPSA) is 51.0 Å². The van der Waals surface area contributed by atoms with Crippen LogP contribution in [0.2, 0.25) is 0 Å². The molecule has 0 spiro atoms. The largest absolute Gasteiger partial charge is 0.339 e. The van der Waals surface area contributed by atoms with Crippen LogP contribution in [0.4, 0.5) is 0 Å². The molecule has 30 heavy (non-hydrogen) atoms. The summed E-state index contributed by atoms with van der Waals surface area (Å²) in [5.41, 5.74) is 3.92. The molecule has 0 bridgehead atoms. The van der Waals surface area contributed by atoms with Gasteiger partial charge < -0.3 is 9.47 Å². The summed E-state index contributed by atoms with van der Waals surface area (Å²) in [4.78, 5) is 24.4. The lowest BCUT2D eigenvalue weighted by Crippen LogP contribution is -2.38. The van der Waals surface area contributed by atoms with Gasteiger partial charge in [-0.2, -0.15) is 0 Å². The van der Waals surface area contributed by atoms with Gasteiger partial charge in [-0.1, -0.05) is 24.3 Å². The molecule has 1 atom stereocenters. The van der Waals surface area contributed by atoms with E-state index in [1.807, 2.05) is 22.5 Å². The van der Waals surface area contributed by atoms with E-state index in [4.69, 9.17) is 4.98 Å². The molecular formula is C24H24N4OS. The van der Waals surface area contributed by atoms with Crippen LogP contribution >= 0.6 is 11.3 Å². The normalized spacial score (nSPS) is 16.8. The van der Waals surface area contributed by atoms with Crippen LogP contribution in [0.1, 0.15) is 48.3 Å². The zero-order valence-corrected chi connectivity index (χ0v) is 17.8. The molecule has 1 aliphatic heterocycles. The lowest BCUT2D eigenvalue weighted by Gasteiger charge is -2.35. The lowest BCUT2D eigenvalue weighted by atomic mass is 9.96. The number of carbonyl (C=O) groups excluding carboxylic acids is 1. The summed E-state index contributed by atoms with van der Waals surface area (Å²) in [6.45, 7) is 3.77. The zero-order valence-electron chi connectivity index (χ0n) is 17.0. The fourth-order valence-electron chi connectivity index (χ4n) is 4.46. The second-order valence-electron chi connectivity index (χ2n) is 7.67. The van der Waals surface area contributed by atoms with Crippen LogP contribution in [-0.4, -0.2) is 31.9 Å². The Labute approximate surface area is 180 Å². The third-order valence-corrected chi connectivity index (χ3v) is 6.77. The van der Waals surface area contributed by atoms with Gasteiger partial charge in [-0.25, -0.2) is 4.98 Å². The highest BCUT2D eigenvalue weighted by Gasteiger charge is 2.30. The summed E-state index contributed by atoms with van der Waals surface area (Å²) in [6.07, 6.45) is 6.78. The minimum Gasteiger partial charge on any atom is -0.339 e. The zero-order chi connectivity index (χ0) is 20.5. The number of para-hydroxylation sites is 1. The molecule has 0 N–H and O–H groups in total. The summed E-state index contributed by atoms with van der Waals surface area (Å²) in [6, 6.07) is 14.6. The second kappa shape index (κ2) is 8.03. The Morgan fingerprint density at radius 3 is 2.93 bits per heavy atom. The maximum Gasteiger partial charge on any atom is 0.273 e. The van der Waals surface area contributed by atoms with Crippen molar-refractivity contribution in [1.82, 2.24) is 19.4 Å². The number of rotatable bonds is 4. The van der Waals surface area contributed by atoms with Crippen LogP contribution in [0.3, 0.4) is 0 Å². The molecule has 0 aliphatic carbocycles. The first-order valence-electron chi connectivity index (χ1n) is 10.5. The van der Waals surface area contributed by atoms with Gasteiger partial charge in [-0.05, 0) is 49.9 Å². The van der Waals surface area contributed by atoms with Gasteiger partial charge in [0, 0.05) is 41.8 Å². The molecule has 5 rings (SSSR count). The standard InChI is InChI=1S/C24H24N4OS/c1-2-27-20-10-4-3-8-17(20)14-22(27)23-26-19(16-30-23)24(29)28-13-6-5-11-21(28)18-9-7-12-25-15-18/h3-4,7-10,12,14-16,21H,2,5-6,11,13H2,1H3. The van der Waals surface area contributed by atoms with Gasteiger partial charge >= 0.3 is 0 Å². The Morgan fingerprint density at radius 2 is 2.10 bits per heavy atom. The predicted octanol–water partition coefficient (Wildman–Crippen LogP) is 5.55. The van der Waals surface area contributed by atoms with E-state index in [0.29, 0.717) is 5.69 Å². The van der Waals surface area contributed by atoms with Crippen molar-refractivity contribution in [2.75, 3.05) is 6.54 Å². The van der Waals surface area contributed by atoms with Crippen molar-refractivity contribution in [2.24, 2.45) is 0 Å². The highest BCUT2D eigenvalue weighted by Crippen LogP contribution is 2.34. The minimum atomic E-state index is 0.0187. The number of carbonyl (C=O) groups is 1. The van der Waals surface area contributed by atoms with E-state index < -0.39 is 0 Å². The van der Waals surface area contributed by atoms with E-state index in [1.54, 1.807) is 17.5 Å². The second-order valence-corrected chi connectivity index (χ2v) is 8.53. The molecule has 5 nitrogen and oxygen atoms in total. The molecule has 152 valence electrons. The Balaban J connectivity index is 1.47. The number of aryl methyl sites for hydroxylation is 1. The van der Waals surface area contributed by atoms with Gasteiger partial charge in [0.15, 0.2) is 0 Å². The average molecular weight is 417 g/mol. The Hall–Kier alpha value is -2.99. The molecule has 1 unspecified atom stereocenters. The first kappa shape index (κ1) is 19.0. The van der Waals surface area contributed by atoms with Crippen LogP contribution in [-0.2, 0) is 6.54 Å². The van der Waals surface area contributed by atoms with Gasteiger partial charge in [-0.3, -0.25) is 9.78 Å². The SMILES string of the molecule is CCn1c(-c2nc(C(=O)N3CCCCC3c3cccnc3)cs2)cc2ccccc21. The summed E-state index contributed by atoms with van der Waals surface area (Å²) < 4.78 is 2.27. The maximum absolute atomic E-state index is 13.4. The number of hydrogen-bond acceptors (Lipinski definition) is 4. The third kappa shape index (κ3) is 3.31. The Morgan fingerprint density at radius 1 is 1.20 bits per heavy atom. The van der Waals surface area contributed by atoms with Crippen LogP contribution in [0.5, 0.6) is 0 Å². The number of aromatic nitrogens is 3. The molecule has 4 heterocycles. The molecule has 1 amide bonds. The number of hydrogen-bond donors (Lipinski definition) is 0. The number of nitrogens with zero attached hydrogens (tertiary/aromatic N) is 4. The number of thiazole rings is 1. The first-order valence-corrected chi connectivity index (χ1v) is 11.4. The number of benzene rings is 1. The number of likely N-dealkylation sites (tertiary alicyclic amines) is 1. The summed E-state index contributed by atoms with van der Waals surface area (Å²) in [5.74, 6) is 0.0187. The monoisotopic (exact) mass is 416 g/mol. The van der Waals surface area contributed by atoms with E-state index in [0.717, 1.165) is 48.6 Å². The maximum atomic E-state index is 13.4. The van der Waals surface area contributed by atoms with Crippen molar-refractivity contribution < 1.29 is 4.79 Å². The minimum absolute atomic E-state index is 0.0187. The molecule has 1 aromatic carbocycles. The van der Waals surface area contributed by atoms with Crippen molar-refractivity contribution >= 4 is 28.1 Å². The van der Waals surface area contributed by atoms with Crippen molar-refractivity contribution in [3.63, 3.8) is 0 Å². The summed E-state index contributed by atoms with van der Waals surface area (Å²) in [7, 11) is 0. The van der Waals surface area contributed by atoms with Crippen molar-refractivity contribution in [3.05, 3.63) is 71.5 Å². The molecule has 3 aromatic heterocycles. The van der Waals surface area contributed by atoms with Gasteiger partial charge in [0.2, 0.25) is 0 Å². The fraction of sp³-hybridized carbons (Fsp3) is 0.292. The third-order valence-electron chi connectivity index (χ3n) is 5.90. The predicted molar refractivity (Wildman–Crippen MR) is 121 cm³/mol. The molecule has 4 aromatic rings. The van der Waals surface area contributed by atoms with Crippen LogP contribution in [0, 0.1) is 0 Å². The van der Waals surface area contributed by atoms with Gasteiger partial charge in [0.25, 0.3) is 5.91 Å². The number of piperidine rings is 1. The van der Waals surface area contributed by atoms with Gasteiger partial charge in [0.1, 0.15) is 10.7 Å². The van der Waals surface area contributed by atoms with E-state index >= 15 is 0 Å². The molecule has 1 aliphatic rings. The molecular weight excluding hydrogens is 392 g/mol. The lowest BCUT2D eigenvalue weighted by molar-refractivity contribution is 0.0606. The average Bonchev–Trinajstić information content (AvgIpc) is 3.44. The molecule has 0 saturated carbocycles. The van der Waals surface area contributed by atoms with E-state index in [9.17, 15) is 4.79 Å². The summed E-state index contributed by atoms with van der Waals surface area (Å²) in [5, 5.41) is 4.00. The Kier molecular flexibility index (Phi) is 5.09. The summed E-state index contributed by atoms with van der Waals surface area (Å²) >= 11 is 1.54. The Bertz CT molecular complexity index is 1180. The highest BCUT2D eigenvalue weighted by molar-refractivity contribution is 7.13. The molecule has 0 radical (unpaired) electrons. The number of amides is 1. The first-order chi connectivity index (χ1) is 14.8. The molecule has 1 saturated heterocycles. The highest BCUT2D eigenvalue weighted by atomic mass is 32.1. The molecule has 6 heteroatoms. The van der Waals surface area contributed by atoms with Crippen LogP contribution in [0.25, 0.3) is 21.6 Å².